The predicted octanol–water partition coefficient (Wildman–Crippen LogP) is 6.08. The third-order valence-corrected chi connectivity index (χ3v) is 4.35. The maximum atomic E-state index is 10.1. The molecule has 1 aromatic carbocycles. The molecular formula is C22H24O. The first-order valence-corrected chi connectivity index (χ1v) is 8.10. The Morgan fingerprint density at radius 2 is 1.43 bits per heavy atom. The van der Waals surface area contributed by atoms with Crippen LogP contribution in [-0.4, -0.2) is 5.11 Å². The van der Waals surface area contributed by atoms with Crippen molar-refractivity contribution < 1.29 is 5.11 Å². The highest BCUT2D eigenvalue weighted by Crippen LogP contribution is 2.44. The number of aromatic hydroxyl groups is 1. The van der Waals surface area contributed by atoms with Crippen molar-refractivity contribution in [3.8, 4) is 28.0 Å². The number of hydrogen-bond donors (Lipinski definition) is 1. The molecular weight excluding hydrogens is 280 g/mol. The lowest BCUT2D eigenvalue weighted by Crippen LogP contribution is -2.10. The summed E-state index contributed by atoms with van der Waals surface area (Å²) in [6.07, 6.45) is 0. The van der Waals surface area contributed by atoms with E-state index < -0.39 is 0 Å². The van der Waals surface area contributed by atoms with E-state index in [9.17, 15) is 5.11 Å². The normalized spacial score (nSPS) is 11.9. The molecule has 0 spiro atoms. The second-order valence-electron chi connectivity index (χ2n) is 7.52. The highest BCUT2D eigenvalue weighted by Gasteiger charge is 2.25. The highest BCUT2D eigenvalue weighted by molar-refractivity contribution is 5.90. The van der Waals surface area contributed by atoms with Crippen LogP contribution in [0.5, 0.6) is 5.75 Å². The first-order chi connectivity index (χ1) is 10.8. The fourth-order valence-corrected chi connectivity index (χ4v) is 3.21. The second kappa shape index (κ2) is 5.42. The lowest BCUT2D eigenvalue weighted by Gasteiger charge is -2.21. The zero-order valence-corrected chi connectivity index (χ0v) is 14.6. The second-order valence-corrected chi connectivity index (χ2v) is 7.52. The Balaban J connectivity index is 2.38. The molecule has 3 rings (SSSR count). The summed E-state index contributed by atoms with van der Waals surface area (Å²) in [4.78, 5) is 0. The summed E-state index contributed by atoms with van der Waals surface area (Å²) in [5.74, 6) is 0.325. The van der Waals surface area contributed by atoms with E-state index in [4.69, 9.17) is 0 Å². The summed E-state index contributed by atoms with van der Waals surface area (Å²) >= 11 is 0. The van der Waals surface area contributed by atoms with Crippen molar-refractivity contribution in [1.29, 1.82) is 0 Å². The third kappa shape index (κ3) is 2.96. The van der Waals surface area contributed by atoms with Crippen molar-refractivity contribution in [3.63, 3.8) is 0 Å². The predicted molar refractivity (Wildman–Crippen MR) is 98.3 cm³/mol. The summed E-state index contributed by atoms with van der Waals surface area (Å²) in [7, 11) is 0. The minimum absolute atomic E-state index is 0.0430. The number of aryl methyl sites for hydroxylation is 2. The molecule has 0 amide bonds. The first kappa shape index (κ1) is 15.6. The molecule has 2 aliphatic rings. The lowest BCUT2D eigenvalue weighted by atomic mass is 9.83. The maximum absolute atomic E-state index is 10.1. The van der Waals surface area contributed by atoms with Gasteiger partial charge in [-0.2, -0.15) is 0 Å². The number of phenols is 1. The quantitative estimate of drug-likeness (QED) is 0.577. The largest absolute Gasteiger partial charge is 0.508 e. The number of fused-ring (bicyclic) bond motifs is 1. The van der Waals surface area contributed by atoms with E-state index in [-0.39, 0.29) is 5.41 Å². The van der Waals surface area contributed by atoms with E-state index in [0.717, 1.165) is 11.1 Å². The van der Waals surface area contributed by atoms with Crippen molar-refractivity contribution in [2.45, 2.75) is 40.0 Å². The van der Waals surface area contributed by atoms with Gasteiger partial charge in [0.25, 0.3) is 0 Å². The van der Waals surface area contributed by atoms with Crippen LogP contribution in [0.15, 0.2) is 48.5 Å². The molecule has 1 N–H and O–H groups in total. The topological polar surface area (TPSA) is 20.2 Å². The summed E-state index contributed by atoms with van der Waals surface area (Å²) in [6.45, 7) is 10.9. The van der Waals surface area contributed by atoms with Crippen molar-refractivity contribution in [3.05, 3.63) is 65.2 Å². The van der Waals surface area contributed by atoms with Crippen LogP contribution in [0.2, 0.25) is 0 Å². The van der Waals surface area contributed by atoms with Crippen LogP contribution < -0.4 is 0 Å². The summed E-state index contributed by atoms with van der Waals surface area (Å²) in [5, 5.41) is 10.1. The van der Waals surface area contributed by atoms with E-state index in [0.29, 0.717) is 5.75 Å². The molecule has 0 saturated carbocycles. The molecule has 1 aromatic rings. The average molecular weight is 304 g/mol. The molecule has 1 heteroatoms. The number of rotatable bonds is 1. The van der Waals surface area contributed by atoms with Crippen LogP contribution in [-0.2, 0) is 5.41 Å². The van der Waals surface area contributed by atoms with Gasteiger partial charge in [-0.25, -0.2) is 0 Å². The van der Waals surface area contributed by atoms with E-state index in [2.05, 4.69) is 64.1 Å². The van der Waals surface area contributed by atoms with Crippen LogP contribution in [0.4, 0.5) is 0 Å². The van der Waals surface area contributed by atoms with Crippen LogP contribution in [0.3, 0.4) is 0 Å². The Bertz CT molecular complexity index is 817. The summed E-state index contributed by atoms with van der Waals surface area (Å²) < 4.78 is 0. The Labute approximate surface area is 139 Å². The zero-order valence-electron chi connectivity index (χ0n) is 14.6. The van der Waals surface area contributed by atoms with Crippen LogP contribution in [0, 0.1) is 13.8 Å². The first-order valence-electron chi connectivity index (χ1n) is 8.10. The van der Waals surface area contributed by atoms with Crippen LogP contribution >= 0.6 is 0 Å². The van der Waals surface area contributed by atoms with Gasteiger partial charge in [0.05, 0.1) is 0 Å². The van der Waals surface area contributed by atoms with Gasteiger partial charge < -0.3 is 5.11 Å². The average Bonchev–Trinajstić information content (AvgIpc) is 2.71. The SMILES string of the molecule is Cc1ccc2cc(C(C)(C)C)c(-c3cc(C)cc(O)c3)c-2cc1. The van der Waals surface area contributed by atoms with Gasteiger partial charge >= 0.3 is 0 Å². The molecule has 1 nitrogen and oxygen atoms in total. The van der Waals surface area contributed by atoms with Gasteiger partial charge in [-0.3, -0.25) is 0 Å². The molecule has 0 atom stereocenters. The van der Waals surface area contributed by atoms with Crippen molar-refractivity contribution in [2.24, 2.45) is 0 Å². The van der Waals surface area contributed by atoms with E-state index >= 15 is 0 Å². The molecule has 0 heterocycles. The fraction of sp³-hybridized carbons (Fsp3) is 0.273. The molecule has 118 valence electrons. The van der Waals surface area contributed by atoms with E-state index in [1.165, 1.54) is 27.8 Å². The minimum Gasteiger partial charge on any atom is -0.508 e. The number of phenolic OH excluding ortho intramolecular Hbond substituents is 1. The molecule has 0 aliphatic heterocycles. The smallest absolute Gasteiger partial charge is 0.116 e. The molecule has 0 radical (unpaired) electrons. The van der Waals surface area contributed by atoms with Crippen molar-refractivity contribution in [1.82, 2.24) is 0 Å². The monoisotopic (exact) mass is 304 g/mol. The summed E-state index contributed by atoms with van der Waals surface area (Å²) in [6, 6.07) is 16.8. The van der Waals surface area contributed by atoms with E-state index in [1.54, 1.807) is 6.07 Å². The molecule has 0 fully saturated rings. The molecule has 0 bridgehead atoms. The van der Waals surface area contributed by atoms with Gasteiger partial charge in [0, 0.05) is 0 Å². The van der Waals surface area contributed by atoms with Gasteiger partial charge in [0.15, 0.2) is 0 Å². The van der Waals surface area contributed by atoms with Crippen LogP contribution in [0.1, 0.15) is 37.5 Å². The zero-order chi connectivity index (χ0) is 16.8. The fourth-order valence-electron chi connectivity index (χ4n) is 3.21. The highest BCUT2D eigenvalue weighted by atomic mass is 16.3. The Hall–Kier alpha value is -2.28. The van der Waals surface area contributed by atoms with Crippen molar-refractivity contribution >= 4 is 0 Å². The molecule has 0 saturated heterocycles. The van der Waals surface area contributed by atoms with E-state index in [1.807, 2.05) is 13.0 Å². The van der Waals surface area contributed by atoms with Gasteiger partial charge in [-0.1, -0.05) is 56.7 Å². The molecule has 0 aromatic heterocycles. The third-order valence-electron chi connectivity index (χ3n) is 4.35. The number of hydrogen-bond acceptors (Lipinski definition) is 1. The molecule has 2 aliphatic carbocycles. The molecule has 0 unspecified atom stereocenters. The van der Waals surface area contributed by atoms with Crippen molar-refractivity contribution in [2.75, 3.05) is 0 Å². The van der Waals surface area contributed by atoms with Gasteiger partial charge in [-0.15, -0.1) is 0 Å². The van der Waals surface area contributed by atoms with Gasteiger partial charge in [-0.05, 0) is 70.8 Å². The standard InChI is InChI=1S/C22H24O/c1-14-6-8-16-13-20(22(3,4)5)21(19(16)9-7-14)17-10-15(2)11-18(23)12-17/h6-13,23H,1-5H3. The Morgan fingerprint density at radius 1 is 0.739 bits per heavy atom. The Kier molecular flexibility index (Phi) is 3.68. The van der Waals surface area contributed by atoms with Gasteiger partial charge in [0.2, 0.25) is 0 Å². The lowest BCUT2D eigenvalue weighted by molar-refractivity contribution is 0.475. The minimum atomic E-state index is 0.0430. The van der Waals surface area contributed by atoms with Crippen LogP contribution in [0.25, 0.3) is 22.3 Å². The van der Waals surface area contributed by atoms with Gasteiger partial charge in [0.1, 0.15) is 5.75 Å². The molecule has 23 heavy (non-hydrogen) atoms. The summed E-state index contributed by atoms with van der Waals surface area (Å²) in [5.41, 5.74) is 8.51. The Morgan fingerprint density at radius 3 is 2.09 bits per heavy atom. The maximum Gasteiger partial charge on any atom is 0.116 e. The number of benzene rings is 1.